The van der Waals surface area contributed by atoms with Crippen LogP contribution in [0.3, 0.4) is 0 Å². The van der Waals surface area contributed by atoms with Gasteiger partial charge in [0.25, 0.3) is 0 Å². The van der Waals surface area contributed by atoms with E-state index in [1.807, 2.05) is 0 Å². The number of carbonyl (C=O) groups is 2. The molecule has 0 aromatic rings. The zero-order valence-electron chi connectivity index (χ0n) is 8.81. The number of halogens is 2. The first-order valence-corrected chi connectivity index (χ1v) is 6.49. The lowest BCUT2D eigenvalue weighted by Crippen LogP contribution is -2.35. The van der Waals surface area contributed by atoms with Gasteiger partial charge in [0, 0.05) is 13.8 Å². The first-order valence-electron chi connectivity index (χ1n) is 4.66. The standard InChI is InChI=1S/C9H12Br2O5/c1-4(12)14-3-6-8(15-5(2)13)7(10)9(11)16-6/h6-9H,3H2,1-2H3/t6-,7+,8-,9?/m1/s1. The molecule has 16 heavy (non-hydrogen) atoms. The minimum absolute atomic E-state index is 0.0669. The van der Waals surface area contributed by atoms with Crippen molar-refractivity contribution in [1.82, 2.24) is 0 Å². The Balaban J connectivity index is 2.59. The molecule has 1 unspecified atom stereocenters. The van der Waals surface area contributed by atoms with Crippen molar-refractivity contribution < 1.29 is 23.8 Å². The second-order valence-electron chi connectivity index (χ2n) is 3.35. The fourth-order valence-corrected chi connectivity index (χ4v) is 2.49. The molecule has 1 rings (SSSR count). The molecule has 0 spiro atoms. The number of esters is 2. The number of alkyl halides is 2. The van der Waals surface area contributed by atoms with E-state index in [1.54, 1.807) is 0 Å². The molecule has 1 aliphatic heterocycles. The molecule has 0 bridgehead atoms. The maximum absolute atomic E-state index is 10.9. The van der Waals surface area contributed by atoms with E-state index in [4.69, 9.17) is 14.2 Å². The van der Waals surface area contributed by atoms with Gasteiger partial charge in [-0.1, -0.05) is 31.9 Å². The number of hydrogen-bond acceptors (Lipinski definition) is 5. The number of ether oxygens (including phenoxy) is 3. The van der Waals surface area contributed by atoms with Gasteiger partial charge in [-0.15, -0.1) is 0 Å². The molecule has 0 aromatic carbocycles. The van der Waals surface area contributed by atoms with Crippen molar-refractivity contribution >= 4 is 43.8 Å². The monoisotopic (exact) mass is 358 g/mol. The molecule has 1 saturated heterocycles. The topological polar surface area (TPSA) is 61.8 Å². The van der Waals surface area contributed by atoms with Gasteiger partial charge in [-0.3, -0.25) is 9.59 Å². The van der Waals surface area contributed by atoms with E-state index >= 15 is 0 Å². The summed E-state index contributed by atoms with van der Waals surface area (Å²) in [5.74, 6) is -0.790. The highest BCUT2D eigenvalue weighted by Gasteiger charge is 2.44. The maximum Gasteiger partial charge on any atom is 0.303 e. The van der Waals surface area contributed by atoms with E-state index in [-0.39, 0.29) is 16.4 Å². The first kappa shape index (κ1) is 13.9. The molecule has 4 atom stereocenters. The molecule has 7 heteroatoms. The van der Waals surface area contributed by atoms with Crippen LogP contribution in [0.4, 0.5) is 0 Å². The predicted octanol–water partition coefficient (Wildman–Crippen LogP) is 1.36. The summed E-state index contributed by atoms with van der Waals surface area (Å²) in [7, 11) is 0. The van der Waals surface area contributed by atoms with E-state index < -0.39 is 24.1 Å². The third kappa shape index (κ3) is 3.71. The van der Waals surface area contributed by atoms with Gasteiger partial charge in [0.05, 0.1) is 4.83 Å². The van der Waals surface area contributed by atoms with Crippen LogP contribution in [0.15, 0.2) is 0 Å². The third-order valence-electron chi connectivity index (χ3n) is 1.99. The average molecular weight is 360 g/mol. The lowest BCUT2D eigenvalue weighted by Gasteiger charge is -2.19. The van der Waals surface area contributed by atoms with Gasteiger partial charge >= 0.3 is 11.9 Å². The van der Waals surface area contributed by atoms with Crippen LogP contribution in [0.1, 0.15) is 13.8 Å². The SMILES string of the molecule is CC(=O)OC[C@H]1OC(Br)[C@@H](Br)[C@@H]1OC(C)=O. The summed E-state index contributed by atoms with van der Waals surface area (Å²) < 4.78 is 15.4. The van der Waals surface area contributed by atoms with Crippen molar-refractivity contribution in [2.45, 2.75) is 35.9 Å². The van der Waals surface area contributed by atoms with E-state index in [1.165, 1.54) is 13.8 Å². The smallest absolute Gasteiger partial charge is 0.303 e. The summed E-state index contributed by atoms with van der Waals surface area (Å²) in [6.07, 6.45) is -0.928. The van der Waals surface area contributed by atoms with Crippen LogP contribution in [0, 0.1) is 0 Å². The summed E-state index contributed by atoms with van der Waals surface area (Å²) in [5, 5.41) is -0.280. The Labute approximate surface area is 110 Å². The fraction of sp³-hybridized carbons (Fsp3) is 0.778. The Morgan fingerprint density at radius 1 is 1.25 bits per heavy atom. The first-order chi connectivity index (χ1) is 7.41. The second-order valence-corrected chi connectivity index (χ2v) is 5.31. The summed E-state index contributed by atoms with van der Waals surface area (Å²) in [4.78, 5) is 21.4. The molecule has 0 aromatic heterocycles. The van der Waals surface area contributed by atoms with Crippen molar-refractivity contribution in [3.05, 3.63) is 0 Å². The van der Waals surface area contributed by atoms with Gasteiger partial charge in [0.1, 0.15) is 23.8 Å². The van der Waals surface area contributed by atoms with Gasteiger partial charge < -0.3 is 14.2 Å². The van der Waals surface area contributed by atoms with Crippen LogP contribution >= 0.6 is 31.9 Å². The van der Waals surface area contributed by atoms with Crippen molar-refractivity contribution in [2.24, 2.45) is 0 Å². The van der Waals surface area contributed by atoms with Crippen LogP contribution in [0.2, 0.25) is 0 Å². The Bertz CT molecular complexity index is 283. The third-order valence-corrected chi connectivity index (χ3v) is 4.48. The van der Waals surface area contributed by atoms with Crippen LogP contribution in [0.5, 0.6) is 0 Å². The Morgan fingerprint density at radius 3 is 2.38 bits per heavy atom. The van der Waals surface area contributed by atoms with Crippen molar-refractivity contribution in [1.29, 1.82) is 0 Å². The highest BCUT2D eigenvalue weighted by Crippen LogP contribution is 2.33. The van der Waals surface area contributed by atoms with E-state index in [9.17, 15) is 9.59 Å². The Morgan fingerprint density at radius 2 is 1.88 bits per heavy atom. The summed E-state index contributed by atoms with van der Waals surface area (Å²) in [6, 6.07) is 0. The van der Waals surface area contributed by atoms with Crippen LogP contribution in [-0.4, -0.2) is 40.6 Å². The summed E-state index contributed by atoms with van der Waals surface area (Å²) in [6.45, 7) is 2.70. The maximum atomic E-state index is 10.9. The Hall–Kier alpha value is -0.140. The normalized spacial score (nSPS) is 33.5. The van der Waals surface area contributed by atoms with E-state index in [0.717, 1.165) is 0 Å². The summed E-state index contributed by atoms with van der Waals surface area (Å²) in [5.41, 5.74) is 0. The summed E-state index contributed by atoms with van der Waals surface area (Å²) >= 11 is 6.64. The zero-order valence-corrected chi connectivity index (χ0v) is 12.0. The highest BCUT2D eigenvalue weighted by atomic mass is 79.9. The average Bonchev–Trinajstić information content (AvgIpc) is 2.42. The quantitative estimate of drug-likeness (QED) is 0.562. The molecule has 0 radical (unpaired) electrons. The van der Waals surface area contributed by atoms with E-state index in [2.05, 4.69) is 31.9 Å². The van der Waals surface area contributed by atoms with Crippen LogP contribution in [-0.2, 0) is 23.8 Å². The second kappa shape index (κ2) is 5.97. The van der Waals surface area contributed by atoms with Crippen LogP contribution in [0.25, 0.3) is 0 Å². The molecular formula is C9H12Br2O5. The number of hydrogen-bond donors (Lipinski definition) is 0. The number of rotatable bonds is 3. The van der Waals surface area contributed by atoms with E-state index in [0.29, 0.717) is 0 Å². The van der Waals surface area contributed by atoms with Gasteiger partial charge in [-0.2, -0.15) is 0 Å². The minimum Gasteiger partial charge on any atom is -0.463 e. The van der Waals surface area contributed by atoms with Gasteiger partial charge in [-0.25, -0.2) is 0 Å². The predicted molar refractivity (Wildman–Crippen MR) is 62.5 cm³/mol. The zero-order chi connectivity index (χ0) is 12.3. The molecule has 1 heterocycles. The molecule has 0 saturated carbocycles. The van der Waals surface area contributed by atoms with Crippen molar-refractivity contribution in [3.8, 4) is 0 Å². The molecule has 0 amide bonds. The van der Waals surface area contributed by atoms with Gasteiger partial charge in [-0.05, 0) is 0 Å². The lowest BCUT2D eigenvalue weighted by molar-refractivity contribution is -0.154. The molecular weight excluding hydrogens is 348 g/mol. The van der Waals surface area contributed by atoms with Crippen molar-refractivity contribution in [2.75, 3.05) is 6.61 Å². The largest absolute Gasteiger partial charge is 0.463 e. The fourth-order valence-electron chi connectivity index (χ4n) is 1.34. The highest BCUT2D eigenvalue weighted by molar-refractivity contribution is 9.12. The Kier molecular flexibility index (Phi) is 5.20. The molecule has 1 aliphatic rings. The van der Waals surface area contributed by atoms with Gasteiger partial charge in [0.15, 0.2) is 0 Å². The lowest BCUT2D eigenvalue weighted by atomic mass is 10.2. The minimum atomic E-state index is -0.471. The molecule has 0 aliphatic carbocycles. The molecule has 92 valence electrons. The molecule has 0 N–H and O–H groups in total. The van der Waals surface area contributed by atoms with Crippen molar-refractivity contribution in [3.63, 3.8) is 0 Å². The molecule has 1 fully saturated rings. The number of carbonyl (C=O) groups excluding carboxylic acids is 2. The molecule has 5 nitrogen and oxygen atoms in total. The van der Waals surface area contributed by atoms with Crippen LogP contribution < -0.4 is 0 Å². The van der Waals surface area contributed by atoms with Gasteiger partial charge in [0.2, 0.25) is 0 Å².